The Morgan fingerprint density at radius 3 is 1.68 bits per heavy atom. The quantitative estimate of drug-likeness (QED) is 0.140. The standard InChI is InChI=1S/C20H14N4O3.C14H8N2O2.C7H10N2O4S/c1-25-20-11-23-15(10-24-20)12-26-16-2-3-18-13(6-16)7-19(27-18)17-4-5-22-9-14(17)8-21;15-7-10-8-16-4-3-12(10)14-6-9-5-11(17)1-2-13(9)18-14;1-12-7-4-8-6(3-9-7)5-13-14(2,10)11/h2-7,9-11H,12H2,1H3;1-6,8,17H;3-4H,5H2,1-2H3. The zero-order chi connectivity index (χ0) is 41.8. The molecule has 0 saturated carbocycles. The van der Waals surface area contributed by atoms with Gasteiger partial charge in [-0.25, -0.2) is 9.97 Å². The second-order valence-electron chi connectivity index (χ2n) is 12.1. The maximum atomic E-state index is 10.6. The van der Waals surface area contributed by atoms with Gasteiger partial charge in [-0.05, 0) is 60.7 Å². The van der Waals surface area contributed by atoms with Crippen molar-refractivity contribution >= 4 is 32.1 Å². The minimum Gasteiger partial charge on any atom is -0.508 e. The van der Waals surface area contributed by atoms with E-state index in [0.29, 0.717) is 73.8 Å². The Bertz CT molecular complexity index is 2890. The van der Waals surface area contributed by atoms with Crippen molar-refractivity contribution in [2.45, 2.75) is 13.2 Å². The Morgan fingerprint density at radius 2 is 1.19 bits per heavy atom. The summed E-state index contributed by atoms with van der Waals surface area (Å²) >= 11 is 0. The number of nitrogens with zero attached hydrogens (tertiary/aromatic N) is 8. The number of phenols is 1. The lowest BCUT2D eigenvalue weighted by molar-refractivity contribution is 0.300. The Labute approximate surface area is 336 Å². The number of methoxy groups -OCH3 is 2. The molecule has 0 atom stereocenters. The fourth-order valence-electron chi connectivity index (χ4n) is 5.17. The molecule has 0 radical (unpaired) electrons. The van der Waals surface area contributed by atoms with Gasteiger partial charge in [0.15, 0.2) is 0 Å². The van der Waals surface area contributed by atoms with Crippen LogP contribution >= 0.6 is 0 Å². The summed E-state index contributed by atoms with van der Waals surface area (Å²) in [6, 6.07) is 21.8. The summed E-state index contributed by atoms with van der Waals surface area (Å²) < 4.78 is 52.9. The molecule has 1 N–H and O–H groups in total. The zero-order valence-electron chi connectivity index (χ0n) is 31.5. The number of furan rings is 2. The van der Waals surface area contributed by atoms with Crippen molar-refractivity contribution in [3.63, 3.8) is 0 Å². The van der Waals surface area contributed by atoms with Crippen LogP contribution in [0.5, 0.6) is 23.3 Å². The maximum Gasteiger partial charge on any atom is 0.264 e. The summed E-state index contributed by atoms with van der Waals surface area (Å²) in [7, 11) is -0.426. The van der Waals surface area contributed by atoms with Crippen molar-refractivity contribution in [2.75, 3.05) is 20.5 Å². The van der Waals surface area contributed by atoms with E-state index in [4.69, 9.17) is 28.3 Å². The molecular weight excluding hydrogens is 781 g/mol. The highest BCUT2D eigenvalue weighted by molar-refractivity contribution is 7.85. The lowest BCUT2D eigenvalue weighted by Crippen LogP contribution is -2.04. The van der Waals surface area contributed by atoms with E-state index in [0.717, 1.165) is 17.0 Å². The van der Waals surface area contributed by atoms with Gasteiger partial charge in [0.2, 0.25) is 11.8 Å². The molecule has 0 fully saturated rings. The predicted molar refractivity (Wildman–Crippen MR) is 211 cm³/mol. The van der Waals surface area contributed by atoms with Crippen molar-refractivity contribution < 1.29 is 40.8 Å². The monoisotopic (exact) mass is 812 g/mol. The van der Waals surface area contributed by atoms with Crippen LogP contribution in [0.2, 0.25) is 0 Å². The van der Waals surface area contributed by atoms with Gasteiger partial charge in [-0.15, -0.1) is 0 Å². The van der Waals surface area contributed by atoms with Crippen molar-refractivity contribution in [1.29, 1.82) is 10.5 Å². The molecule has 59 heavy (non-hydrogen) atoms. The van der Waals surface area contributed by atoms with Crippen molar-refractivity contribution in [1.82, 2.24) is 29.9 Å². The predicted octanol–water partition coefficient (Wildman–Crippen LogP) is 6.78. The first-order valence-corrected chi connectivity index (χ1v) is 19.0. The summed E-state index contributed by atoms with van der Waals surface area (Å²) in [6.45, 7) is 0.173. The number of ether oxygens (including phenoxy) is 3. The normalized spacial score (nSPS) is 10.7. The lowest BCUT2D eigenvalue weighted by atomic mass is 10.1. The zero-order valence-corrected chi connectivity index (χ0v) is 32.3. The van der Waals surface area contributed by atoms with Crippen LogP contribution in [-0.2, 0) is 27.5 Å². The Balaban J connectivity index is 0.000000159. The van der Waals surface area contributed by atoms with Gasteiger partial charge >= 0.3 is 0 Å². The molecule has 0 saturated heterocycles. The largest absolute Gasteiger partial charge is 0.508 e. The number of hydrogen-bond acceptors (Lipinski definition) is 17. The number of aromatic nitrogens is 6. The van der Waals surface area contributed by atoms with Crippen molar-refractivity contribution in [3.05, 3.63) is 133 Å². The molecule has 17 nitrogen and oxygen atoms in total. The van der Waals surface area contributed by atoms with Crippen LogP contribution in [-0.4, -0.2) is 63.9 Å². The van der Waals surface area contributed by atoms with Crippen LogP contribution in [0.15, 0.2) is 119 Å². The van der Waals surface area contributed by atoms with Gasteiger partial charge < -0.3 is 28.2 Å². The van der Waals surface area contributed by atoms with E-state index in [2.05, 4.69) is 46.2 Å². The third-order valence-electron chi connectivity index (χ3n) is 7.99. The van der Waals surface area contributed by atoms with Gasteiger partial charge in [-0.2, -0.15) is 18.9 Å². The number of hydrogen-bond donors (Lipinski definition) is 1. The Hall–Kier alpha value is -7.93. The number of fused-ring (bicyclic) bond motifs is 2. The number of nitriles is 2. The van der Waals surface area contributed by atoms with E-state index in [1.807, 2.05) is 24.3 Å². The second-order valence-corrected chi connectivity index (χ2v) is 13.7. The fraction of sp³-hybridized carbons (Fsp3) is 0.122. The van der Waals surface area contributed by atoms with Crippen molar-refractivity contribution in [2.24, 2.45) is 0 Å². The Morgan fingerprint density at radius 1 is 0.661 bits per heavy atom. The lowest BCUT2D eigenvalue weighted by Gasteiger charge is -2.05. The molecule has 6 heterocycles. The molecule has 0 amide bonds. The number of pyridine rings is 2. The third-order valence-corrected chi connectivity index (χ3v) is 8.54. The van der Waals surface area contributed by atoms with Gasteiger partial charge in [0.25, 0.3) is 10.1 Å². The van der Waals surface area contributed by atoms with E-state index in [-0.39, 0.29) is 19.0 Å². The molecule has 0 aliphatic rings. The molecule has 0 bridgehead atoms. The summed E-state index contributed by atoms with van der Waals surface area (Å²) in [5.74, 6) is 2.90. The number of benzene rings is 2. The van der Waals surface area contributed by atoms with E-state index >= 15 is 0 Å². The molecule has 18 heteroatoms. The highest BCUT2D eigenvalue weighted by Gasteiger charge is 2.13. The SMILES string of the molecule is COc1cnc(COS(C)(=O)=O)cn1.COc1cnc(COc2ccc3oc(-c4ccncc4C#N)cc3c2)cn1.N#Cc1cnccc1-c1cc2cc(O)ccc2o1. The smallest absolute Gasteiger partial charge is 0.264 e. The highest BCUT2D eigenvalue weighted by Crippen LogP contribution is 2.33. The van der Waals surface area contributed by atoms with Gasteiger partial charge in [0.1, 0.15) is 59.5 Å². The first kappa shape index (κ1) is 40.7. The van der Waals surface area contributed by atoms with Crippen LogP contribution < -0.4 is 14.2 Å². The summed E-state index contributed by atoms with van der Waals surface area (Å²) in [6.07, 6.45) is 13.2. The van der Waals surface area contributed by atoms with Crippen molar-refractivity contribution in [3.8, 4) is 58.0 Å². The van der Waals surface area contributed by atoms with Crippen LogP contribution in [0.25, 0.3) is 44.6 Å². The van der Waals surface area contributed by atoms with Gasteiger partial charge in [-0.3, -0.25) is 24.1 Å². The summed E-state index contributed by atoms with van der Waals surface area (Å²) in [5, 5.41) is 29.3. The van der Waals surface area contributed by atoms with E-state index in [9.17, 15) is 18.8 Å². The van der Waals surface area contributed by atoms with Gasteiger partial charge in [0, 0.05) is 46.7 Å². The highest BCUT2D eigenvalue weighted by atomic mass is 32.2. The van der Waals surface area contributed by atoms with E-state index in [1.54, 1.807) is 68.3 Å². The molecule has 0 unspecified atom stereocenters. The molecule has 8 rings (SSSR count). The minimum absolute atomic E-state index is 0.115. The summed E-state index contributed by atoms with van der Waals surface area (Å²) in [4.78, 5) is 23.9. The van der Waals surface area contributed by atoms with Crippen LogP contribution in [0, 0.1) is 22.7 Å². The van der Waals surface area contributed by atoms with Gasteiger partial charge in [0.05, 0.1) is 67.8 Å². The molecule has 6 aromatic heterocycles. The number of phenolic OH excluding ortho intramolecular Hbond substituents is 1. The molecule has 8 aromatic rings. The molecular formula is C41H32N8O9S. The average molecular weight is 813 g/mol. The minimum atomic E-state index is -3.44. The number of aromatic hydroxyl groups is 1. The second kappa shape index (κ2) is 18.8. The molecule has 0 aliphatic carbocycles. The average Bonchev–Trinajstić information content (AvgIpc) is 3.89. The van der Waals surface area contributed by atoms with Gasteiger partial charge in [-0.1, -0.05) is 0 Å². The first-order valence-electron chi connectivity index (χ1n) is 17.2. The van der Waals surface area contributed by atoms with E-state index in [1.165, 1.54) is 31.9 Å². The molecule has 296 valence electrons. The van der Waals surface area contributed by atoms with E-state index < -0.39 is 10.1 Å². The fourth-order valence-corrected chi connectivity index (χ4v) is 5.51. The Kier molecular flexibility index (Phi) is 13.0. The van der Waals surface area contributed by atoms with Crippen LogP contribution in [0.1, 0.15) is 22.5 Å². The molecule has 2 aromatic carbocycles. The first-order chi connectivity index (χ1) is 28.5. The number of rotatable bonds is 10. The topological polar surface area (TPSA) is 242 Å². The molecule has 0 spiro atoms. The molecule has 0 aliphatic heterocycles. The summed E-state index contributed by atoms with van der Waals surface area (Å²) in [5.41, 5.74) is 4.83. The third kappa shape index (κ3) is 10.9. The maximum absolute atomic E-state index is 10.6. The van der Waals surface area contributed by atoms with Crippen LogP contribution in [0.4, 0.5) is 0 Å². The van der Waals surface area contributed by atoms with Crippen LogP contribution in [0.3, 0.4) is 0 Å².